The summed E-state index contributed by atoms with van der Waals surface area (Å²) < 4.78 is 5.46. The monoisotopic (exact) mass is 470 g/mol. The predicted molar refractivity (Wildman–Crippen MR) is 125 cm³/mol. The van der Waals surface area contributed by atoms with E-state index in [0.29, 0.717) is 23.9 Å². The van der Waals surface area contributed by atoms with Crippen molar-refractivity contribution in [3.05, 3.63) is 44.5 Å². The normalized spacial score (nSPS) is 22.6. The van der Waals surface area contributed by atoms with Gasteiger partial charge in [0, 0.05) is 5.56 Å². The fourth-order valence-electron chi connectivity index (χ4n) is 5.00. The molecule has 2 aromatic rings. The van der Waals surface area contributed by atoms with E-state index < -0.39 is 35.0 Å². The Labute approximate surface area is 195 Å². The van der Waals surface area contributed by atoms with Crippen LogP contribution in [0.1, 0.15) is 62.7 Å². The number of ether oxygens (including phenoxy) is 1. The number of rotatable bonds is 7. The molecule has 1 aromatic carbocycles. The van der Waals surface area contributed by atoms with E-state index >= 15 is 0 Å². The summed E-state index contributed by atoms with van der Waals surface area (Å²) in [7, 11) is 0. The van der Waals surface area contributed by atoms with Gasteiger partial charge in [-0.2, -0.15) is 0 Å². The van der Waals surface area contributed by atoms with Crippen LogP contribution in [0, 0.1) is 5.41 Å². The van der Waals surface area contributed by atoms with Gasteiger partial charge in [0.25, 0.3) is 5.91 Å². The zero-order valence-electron chi connectivity index (χ0n) is 19.4. The molecule has 3 atom stereocenters. The van der Waals surface area contributed by atoms with Crippen LogP contribution < -0.4 is 21.8 Å². The maximum atomic E-state index is 13.3. The molecule has 2 fully saturated rings. The van der Waals surface area contributed by atoms with Crippen LogP contribution in [0.15, 0.2) is 27.8 Å². The quantitative estimate of drug-likeness (QED) is 0.446. The average Bonchev–Trinajstić information content (AvgIpc) is 3.39. The molecule has 34 heavy (non-hydrogen) atoms. The number of carbonyl (C=O) groups is 3. The number of amides is 2. The molecule has 2 amide bonds. The van der Waals surface area contributed by atoms with E-state index in [2.05, 4.69) is 27.5 Å². The van der Waals surface area contributed by atoms with Gasteiger partial charge in [-0.3, -0.25) is 24.0 Å². The highest BCUT2D eigenvalue weighted by Crippen LogP contribution is 2.41. The second-order valence-corrected chi connectivity index (χ2v) is 9.63. The fourth-order valence-corrected chi connectivity index (χ4v) is 5.00. The first-order chi connectivity index (χ1) is 16.2. The van der Waals surface area contributed by atoms with Crippen LogP contribution in [0.5, 0.6) is 0 Å². The van der Waals surface area contributed by atoms with Crippen molar-refractivity contribution in [2.24, 2.45) is 5.41 Å². The second-order valence-electron chi connectivity index (χ2n) is 9.63. The van der Waals surface area contributed by atoms with Gasteiger partial charge < -0.3 is 25.3 Å². The molecule has 1 saturated heterocycles. The Hall–Kier alpha value is -3.27. The third-order valence-corrected chi connectivity index (χ3v) is 6.97. The van der Waals surface area contributed by atoms with Crippen LogP contribution in [0.25, 0.3) is 11.0 Å². The van der Waals surface area contributed by atoms with Gasteiger partial charge in [-0.1, -0.05) is 26.7 Å². The molecule has 0 radical (unpaired) electrons. The van der Waals surface area contributed by atoms with Gasteiger partial charge in [-0.25, -0.2) is 0 Å². The minimum absolute atomic E-state index is 0.0322. The maximum Gasteiger partial charge on any atom is 0.314 e. The van der Waals surface area contributed by atoms with Crippen molar-refractivity contribution in [1.82, 2.24) is 20.6 Å². The van der Waals surface area contributed by atoms with Gasteiger partial charge in [-0.05, 0) is 49.3 Å². The van der Waals surface area contributed by atoms with Crippen molar-refractivity contribution < 1.29 is 19.1 Å². The Morgan fingerprint density at radius 1 is 1.12 bits per heavy atom. The highest BCUT2D eigenvalue weighted by atomic mass is 16.5. The van der Waals surface area contributed by atoms with Crippen molar-refractivity contribution >= 4 is 28.6 Å². The number of ketones is 1. The number of carbonyl (C=O) groups excluding carboxylic acids is 3. The van der Waals surface area contributed by atoms with Crippen LogP contribution in [0.4, 0.5) is 0 Å². The molecule has 2 aliphatic rings. The second kappa shape index (κ2) is 9.54. The summed E-state index contributed by atoms with van der Waals surface area (Å²) in [5.74, 6) is -1.08. The zero-order chi connectivity index (χ0) is 24.5. The minimum Gasteiger partial charge on any atom is -0.368 e. The summed E-state index contributed by atoms with van der Waals surface area (Å²) in [4.78, 5) is 66.7. The van der Waals surface area contributed by atoms with E-state index in [4.69, 9.17) is 4.74 Å². The lowest BCUT2D eigenvalue weighted by Gasteiger charge is -2.30. The smallest absolute Gasteiger partial charge is 0.314 e. The number of hydrogen-bond donors (Lipinski definition) is 4. The number of Topliss-reactive ketones (excluding diaryl/α,β-unsaturated/α-hetero) is 1. The van der Waals surface area contributed by atoms with Crippen molar-refractivity contribution in [3.8, 4) is 0 Å². The molecule has 10 heteroatoms. The molecular formula is C24H30N4O6. The number of aromatic amines is 2. The van der Waals surface area contributed by atoms with E-state index in [1.165, 1.54) is 18.2 Å². The van der Waals surface area contributed by atoms with E-state index in [-0.39, 0.29) is 29.5 Å². The van der Waals surface area contributed by atoms with E-state index in [0.717, 1.165) is 25.7 Å². The number of H-pyrrole nitrogens is 2. The maximum absolute atomic E-state index is 13.3. The Morgan fingerprint density at radius 2 is 1.79 bits per heavy atom. The van der Waals surface area contributed by atoms with Crippen LogP contribution in [0.2, 0.25) is 0 Å². The van der Waals surface area contributed by atoms with Crippen molar-refractivity contribution in [3.63, 3.8) is 0 Å². The third kappa shape index (κ3) is 4.96. The topological polar surface area (TPSA) is 150 Å². The predicted octanol–water partition coefficient (Wildman–Crippen LogP) is 1.15. The molecule has 2 heterocycles. The van der Waals surface area contributed by atoms with Crippen molar-refractivity contribution in [2.45, 2.75) is 70.6 Å². The first-order valence-electron chi connectivity index (χ1n) is 11.7. The number of fused-ring (bicyclic) bond motifs is 1. The zero-order valence-corrected chi connectivity index (χ0v) is 19.4. The number of hydrogen-bond acceptors (Lipinski definition) is 6. The molecule has 4 N–H and O–H groups in total. The van der Waals surface area contributed by atoms with Gasteiger partial charge in [-0.15, -0.1) is 0 Å². The summed E-state index contributed by atoms with van der Waals surface area (Å²) in [5.41, 5.74) is -0.757. The summed E-state index contributed by atoms with van der Waals surface area (Å²) in [6.45, 7) is 3.97. The molecule has 1 unspecified atom stereocenters. The minimum atomic E-state index is -0.841. The summed E-state index contributed by atoms with van der Waals surface area (Å²) in [6.07, 6.45) is 4.71. The highest BCUT2D eigenvalue weighted by molar-refractivity contribution is 6.00. The largest absolute Gasteiger partial charge is 0.368 e. The lowest BCUT2D eigenvalue weighted by Crippen LogP contribution is -2.54. The van der Waals surface area contributed by atoms with Crippen LogP contribution in [0.3, 0.4) is 0 Å². The molecule has 1 aliphatic heterocycles. The van der Waals surface area contributed by atoms with Gasteiger partial charge in [0.05, 0.1) is 17.1 Å². The molecule has 0 bridgehead atoms. The standard InChI is InChI=1S/C24H30N4O6/c1-3-18-19(17(29)12-34-18)28-21(31)16(11-24(2)8-4-5-9-24)27-20(30)13-6-7-14-15(10-13)26-23(33)22(32)25-14/h6-7,10,16,18-19H,3-5,8-9,11-12H2,1-2H3,(H,25,32)(H,26,33)(H,27,30)(H,28,31)/t16?,18-,19+/m0/s1. The van der Waals surface area contributed by atoms with E-state index in [1.54, 1.807) is 0 Å². The molecule has 1 saturated carbocycles. The Morgan fingerprint density at radius 3 is 2.47 bits per heavy atom. The molecule has 1 aromatic heterocycles. The summed E-state index contributed by atoms with van der Waals surface area (Å²) in [5, 5.41) is 5.64. The van der Waals surface area contributed by atoms with Gasteiger partial charge in [0.2, 0.25) is 5.91 Å². The van der Waals surface area contributed by atoms with Gasteiger partial charge in [0.15, 0.2) is 5.78 Å². The van der Waals surface area contributed by atoms with Gasteiger partial charge >= 0.3 is 11.1 Å². The fraction of sp³-hybridized carbons (Fsp3) is 0.542. The number of aromatic nitrogens is 2. The van der Waals surface area contributed by atoms with Crippen molar-refractivity contribution in [2.75, 3.05) is 6.61 Å². The number of nitrogens with one attached hydrogen (secondary N) is 4. The van der Waals surface area contributed by atoms with Crippen LogP contribution in [-0.2, 0) is 14.3 Å². The van der Waals surface area contributed by atoms with Crippen LogP contribution >= 0.6 is 0 Å². The third-order valence-electron chi connectivity index (χ3n) is 6.97. The average molecular weight is 471 g/mol. The van der Waals surface area contributed by atoms with E-state index in [1.807, 2.05) is 6.92 Å². The van der Waals surface area contributed by atoms with Gasteiger partial charge in [0.1, 0.15) is 18.7 Å². The molecule has 1 aliphatic carbocycles. The molecule has 0 spiro atoms. The molecular weight excluding hydrogens is 440 g/mol. The molecule has 4 rings (SSSR count). The number of benzene rings is 1. The molecule has 182 valence electrons. The van der Waals surface area contributed by atoms with E-state index in [9.17, 15) is 24.0 Å². The summed E-state index contributed by atoms with van der Waals surface area (Å²) >= 11 is 0. The molecule has 10 nitrogen and oxygen atoms in total. The Kier molecular flexibility index (Phi) is 6.70. The lowest BCUT2D eigenvalue weighted by molar-refractivity contribution is -0.128. The SMILES string of the molecule is CC[C@@H]1OCC(=O)[C@H]1NC(=O)C(CC1(C)CCCC1)NC(=O)c1ccc2[nH]c(=O)c(=O)[nH]c2c1. The lowest BCUT2D eigenvalue weighted by atomic mass is 9.81. The Balaban J connectivity index is 1.56. The van der Waals surface area contributed by atoms with Crippen molar-refractivity contribution in [1.29, 1.82) is 0 Å². The first-order valence-corrected chi connectivity index (χ1v) is 11.7. The summed E-state index contributed by atoms with van der Waals surface area (Å²) in [6, 6.07) is 2.92. The highest BCUT2D eigenvalue weighted by Gasteiger charge is 2.39. The van der Waals surface area contributed by atoms with Crippen LogP contribution in [-0.4, -0.2) is 52.4 Å². The first kappa shape index (κ1) is 23.9. The Bertz CT molecular complexity index is 1230.